The molecule has 0 radical (unpaired) electrons. The monoisotopic (exact) mass is 327 g/mol. The number of fused-ring (bicyclic) bond motifs is 1. The van der Waals surface area contributed by atoms with E-state index >= 15 is 0 Å². The Morgan fingerprint density at radius 3 is 2.61 bits per heavy atom. The van der Waals surface area contributed by atoms with Crippen LogP contribution in [0, 0.1) is 0 Å². The number of piperidine rings is 1. The third kappa shape index (κ3) is 3.96. The number of halogens is 3. The number of rotatable bonds is 4. The van der Waals surface area contributed by atoms with Gasteiger partial charge in [0.05, 0.1) is 6.42 Å². The van der Waals surface area contributed by atoms with Crippen molar-refractivity contribution in [2.24, 2.45) is 0 Å². The molecule has 0 atom stereocenters. The highest BCUT2D eigenvalue weighted by Gasteiger charge is 2.30. The maximum atomic E-state index is 12.3. The van der Waals surface area contributed by atoms with Gasteiger partial charge in [-0.15, -0.1) is 0 Å². The smallest absolute Gasteiger partial charge is 0.390 e. The second-order valence-electron chi connectivity index (χ2n) is 6.01. The van der Waals surface area contributed by atoms with E-state index in [0.717, 1.165) is 23.9 Å². The molecule has 4 nitrogen and oxygen atoms in total. The van der Waals surface area contributed by atoms with E-state index in [-0.39, 0.29) is 12.6 Å². The Bertz CT molecular complexity index is 614. The van der Waals surface area contributed by atoms with Crippen LogP contribution >= 0.6 is 0 Å². The molecule has 1 aromatic carbocycles. The summed E-state index contributed by atoms with van der Waals surface area (Å²) in [7, 11) is 1.93. The summed E-state index contributed by atoms with van der Waals surface area (Å²) in [6.07, 6.45) is -3.19. The second kappa shape index (κ2) is 6.39. The van der Waals surface area contributed by atoms with Crippen LogP contribution in [0.15, 0.2) is 28.7 Å². The van der Waals surface area contributed by atoms with Gasteiger partial charge in [-0.25, -0.2) is 0 Å². The molecular weight excluding hydrogens is 307 g/mol. The van der Waals surface area contributed by atoms with Gasteiger partial charge in [-0.1, -0.05) is 12.1 Å². The molecule has 126 valence electrons. The first-order valence-electron chi connectivity index (χ1n) is 7.80. The van der Waals surface area contributed by atoms with Crippen LogP contribution in [0.2, 0.25) is 0 Å². The van der Waals surface area contributed by atoms with E-state index in [9.17, 15) is 13.2 Å². The van der Waals surface area contributed by atoms with E-state index in [2.05, 4.69) is 4.98 Å². The van der Waals surface area contributed by atoms with Gasteiger partial charge in [0.1, 0.15) is 5.52 Å². The molecule has 2 heterocycles. The number of likely N-dealkylation sites (tertiary alicyclic amines) is 1. The second-order valence-corrected chi connectivity index (χ2v) is 6.01. The summed E-state index contributed by atoms with van der Waals surface area (Å²) in [5, 5.41) is 0. The molecule has 1 aliphatic rings. The van der Waals surface area contributed by atoms with Crippen LogP contribution < -0.4 is 4.90 Å². The number of hydrogen-bond acceptors (Lipinski definition) is 4. The van der Waals surface area contributed by atoms with Gasteiger partial charge in [0.25, 0.3) is 6.01 Å². The van der Waals surface area contributed by atoms with E-state index < -0.39 is 12.6 Å². The van der Waals surface area contributed by atoms with Crippen LogP contribution in [0.25, 0.3) is 11.1 Å². The van der Waals surface area contributed by atoms with Crippen molar-refractivity contribution >= 4 is 17.1 Å². The predicted molar refractivity (Wildman–Crippen MR) is 82.5 cm³/mol. The minimum absolute atomic E-state index is 0.0861. The molecule has 0 saturated carbocycles. The van der Waals surface area contributed by atoms with Crippen LogP contribution in [0.5, 0.6) is 0 Å². The van der Waals surface area contributed by atoms with Crippen molar-refractivity contribution in [3.05, 3.63) is 24.3 Å². The average molecular weight is 327 g/mol. The van der Waals surface area contributed by atoms with Crippen molar-refractivity contribution in [2.75, 3.05) is 31.6 Å². The zero-order valence-electron chi connectivity index (χ0n) is 13.0. The fraction of sp³-hybridized carbons (Fsp3) is 0.562. The number of nitrogens with zero attached hydrogens (tertiary/aromatic N) is 3. The van der Waals surface area contributed by atoms with Gasteiger partial charge in [0, 0.05) is 32.7 Å². The molecule has 3 rings (SSSR count). The molecule has 1 saturated heterocycles. The molecular formula is C16H20F3N3O. The largest absolute Gasteiger partial charge is 0.423 e. The van der Waals surface area contributed by atoms with E-state index in [0.29, 0.717) is 19.1 Å². The molecule has 0 bridgehead atoms. The number of hydrogen-bond donors (Lipinski definition) is 0. The predicted octanol–water partition coefficient (Wildman–Crippen LogP) is 3.68. The Hall–Kier alpha value is -1.76. The maximum absolute atomic E-state index is 12.3. The Morgan fingerprint density at radius 1 is 1.26 bits per heavy atom. The summed E-state index contributed by atoms with van der Waals surface area (Å²) < 4.78 is 42.6. The maximum Gasteiger partial charge on any atom is 0.390 e. The van der Waals surface area contributed by atoms with Gasteiger partial charge < -0.3 is 14.2 Å². The minimum atomic E-state index is -4.08. The Morgan fingerprint density at radius 2 is 1.96 bits per heavy atom. The van der Waals surface area contributed by atoms with E-state index in [4.69, 9.17) is 4.42 Å². The van der Waals surface area contributed by atoms with Crippen molar-refractivity contribution < 1.29 is 17.6 Å². The van der Waals surface area contributed by atoms with Gasteiger partial charge in [0.2, 0.25) is 0 Å². The van der Waals surface area contributed by atoms with Crippen molar-refractivity contribution in [3.8, 4) is 0 Å². The molecule has 0 amide bonds. The van der Waals surface area contributed by atoms with Crippen LogP contribution in [-0.4, -0.2) is 48.8 Å². The fourth-order valence-electron chi connectivity index (χ4n) is 2.98. The topological polar surface area (TPSA) is 32.5 Å². The van der Waals surface area contributed by atoms with E-state index in [1.807, 2.05) is 41.1 Å². The quantitative estimate of drug-likeness (QED) is 0.857. The molecule has 0 N–H and O–H groups in total. The average Bonchev–Trinajstić information content (AvgIpc) is 2.96. The molecule has 1 aliphatic heterocycles. The van der Waals surface area contributed by atoms with Gasteiger partial charge in [-0.2, -0.15) is 18.2 Å². The van der Waals surface area contributed by atoms with Crippen molar-refractivity contribution in [2.45, 2.75) is 31.5 Å². The molecule has 1 fully saturated rings. The van der Waals surface area contributed by atoms with Gasteiger partial charge in [-0.05, 0) is 25.0 Å². The summed E-state index contributed by atoms with van der Waals surface area (Å²) in [6.45, 7) is 1.43. The fourth-order valence-corrected chi connectivity index (χ4v) is 2.98. The van der Waals surface area contributed by atoms with Crippen LogP contribution in [-0.2, 0) is 0 Å². The highest BCUT2D eigenvalue weighted by molar-refractivity contribution is 5.74. The molecule has 0 unspecified atom stereocenters. The Balaban J connectivity index is 1.56. The van der Waals surface area contributed by atoms with Gasteiger partial charge in [-0.3, -0.25) is 0 Å². The first-order chi connectivity index (χ1) is 10.9. The SMILES string of the molecule is CN(c1nc2ccccc2o1)C1CCN(CCC(F)(F)F)CC1. The summed E-state index contributed by atoms with van der Waals surface area (Å²) >= 11 is 0. The molecule has 0 spiro atoms. The zero-order valence-corrected chi connectivity index (χ0v) is 13.0. The molecule has 7 heteroatoms. The van der Waals surface area contributed by atoms with Gasteiger partial charge >= 0.3 is 6.18 Å². The summed E-state index contributed by atoms with van der Waals surface area (Å²) in [5.74, 6) is 0. The van der Waals surface area contributed by atoms with Crippen molar-refractivity contribution in [1.29, 1.82) is 0 Å². The first-order valence-corrected chi connectivity index (χ1v) is 7.80. The van der Waals surface area contributed by atoms with Crippen LogP contribution in [0.1, 0.15) is 19.3 Å². The lowest BCUT2D eigenvalue weighted by Gasteiger charge is -2.36. The number of oxazole rings is 1. The van der Waals surface area contributed by atoms with Crippen LogP contribution in [0.4, 0.5) is 19.2 Å². The van der Waals surface area contributed by atoms with Crippen LogP contribution in [0.3, 0.4) is 0 Å². The lowest BCUT2D eigenvalue weighted by Crippen LogP contribution is -2.44. The van der Waals surface area contributed by atoms with Gasteiger partial charge in [0.15, 0.2) is 5.58 Å². The number of aromatic nitrogens is 1. The Kier molecular flexibility index (Phi) is 4.48. The Labute approximate surface area is 132 Å². The third-order valence-corrected chi connectivity index (χ3v) is 4.40. The third-order valence-electron chi connectivity index (χ3n) is 4.40. The molecule has 0 aliphatic carbocycles. The molecule has 23 heavy (non-hydrogen) atoms. The van der Waals surface area contributed by atoms with Crippen molar-refractivity contribution in [1.82, 2.24) is 9.88 Å². The van der Waals surface area contributed by atoms with E-state index in [1.165, 1.54) is 0 Å². The molecule has 2 aromatic rings. The standard InChI is InChI=1S/C16H20F3N3O/c1-21(15-20-13-4-2-3-5-14(13)23-15)12-6-9-22(10-7-12)11-8-16(17,18)19/h2-5,12H,6-11H2,1H3. The molecule has 1 aromatic heterocycles. The van der Waals surface area contributed by atoms with Crippen molar-refractivity contribution in [3.63, 3.8) is 0 Å². The summed E-state index contributed by atoms with van der Waals surface area (Å²) in [4.78, 5) is 8.35. The lowest BCUT2D eigenvalue weighted by molar-refractivity contribution is -0.138. The minimum Gasteiger partial charge on any atom is -0.423 e. The summed E-state index contributed by atoms with van der Waals surface area (Å²) in [6, 6.07) is 8.39. The van der Waals surface area contributed by atoms with E-state index in [1.54, 1.807) is 0 Å². The number of anilines is 1. The number of para-hydroxylation sites is 2. The summed E-state index contributed by atoms with van der Waals surface area (Å²) in [5.41, 5.74) is 1.56. The highest BCUT2D eigenvalue weighted by Crippen LogP contribution is 2.26. The lowest BCUT2D eigenvalue weighted by atomic mass is 10.0. The zero-order chi connectivity index (χ0) is 16.4. The first kappa shape index (κ1) is 16.1. The normalized spacial score (nSPS) is 17.7. The number of benzene rings is 1. The highest BCUT2D eigenvalue weighted by atomic mass is 19.4. The number of alkyl halides is 3.